The number of anilines is 1. The van der Waals surface area contributed by atoms with E-state index in [9.17, 15) is 13.2 Å². The number of aliphatic carboxylic acids is 1. The molecule has 0 aliphatic carbocycles. The minimum Gasteiger partial charge on any atom is -0.479 e. The first kappa shape index (κ1) is 26.8. The molecule has 0 spiro atoms. The van der Waals surface area contributed by atoms with E-state index in [4.69, 9.17) is 21.8 Å². The molecule has 1 aliphatic heterocycles. The summed E-state index contributed by atoms with van der Waals surface area (Å²) >= 11 is 5.94. The molecular weight excluding hydrogens is 466 g/mol. The van der Waals surface area contributed by atoms with Crippen molar-refractivity contribution in [1.82, 2.24) is 4.90 Å². The van der Waals surface area contributed by atoms with Crippen molar-refractivity contribution in [2.75, 3.05) is 31.4 Å². The first-order valence-corrected chi connectivity index (χ1v) is 12.4. The second-order valence-electron chi connectivity index (χ2n) is 8.03. The molecule has 0 bridgehead atoms. The standard InChI is InChI=1S/C20H24ClN3O2S.C3H6O3/c1-15(23(2)3)14-27(25,26)19-10-8-18(9-11-19)24-13-12-20(22-24)16-4-6-17(21)7-5-16;1-2(4)3(5)6/h4-11,15H,12-14H2,1-3H3;2,4H,1H3,(H,5,6). The number of carboxylic acids is 1. The number of aliphatic hydroxyl groups is 1. The summed E-state index contributed by atoms with van der Waals surface area (Å²) in [4.78, 5) is 11.7. The van der Waals surface area contributed by atoms with Crippen LogP contribution in [-0.4, -0.2) is 73.8 Å². The van der Waals surface area contributed by atoms with E-state index in [0.717, 1.165) is 29.9 Å². The Bertz CT molecular complexity index is 1070. The molecule has 2 N–H and O–H groups in total. The average Bonchev–Trinajstić information content (AvgIpc) is 3.24. The van der Waals surface area contributed by atoms with E-state index < -0.39 is 21.9 Å². The molecule has 1 aliphatic rings. The summed E-state index contributed by atoms with van der Waals surface area (Å²) in [5.74, 6) is -1.09. The molecule has 0 radical (unpaired) electrons. The number of carbonyl (C=O) groups is 1. The number of nitrogens with zero attached hydrogens (tertiary/aromatic N) is 3. The summed E-state index contributed by atoms with van der Waals surface area (Å²) in [5, 5.41) is 23.1. The molecule has 2 atom stereocenters. The van der Waals surface area contributed by atoms with Gasteiger partial charge in [-0.1, -0.05) is 23.7 Å². The zero-order valence-electron chi connectivity index (χ0n) is 19.1. The van der Waals surface area contributed by atoms with Gasteiger partial charge >= 0.3 is 5.97 Å². The lowest BCUT2D eigenvalue weighted by atomic mass is 10.1. The fourth-order valence-corrected chi connectivity index (χ4v) is 4.68. The van der Waals surface area contributed by atoms with Crippen molar-refractivity contribution in [1.29, 1.82) is 0 Å². The van der Waals surface area contributed by atoms with Gasteiger partial charge in [0.15, 0.2) is 9.84 Å². The summed E-state index contributed by atoms with van der Waals surface area (Å²) in [7, 11) is 0.453. The van der Waals surface area contributed by atoms with Crippen molar-refractivity contribution in [3.05, 3.63) is 59.1 Å². The van der Waals surface area contributed by atoms with E-state index in [0.29, 0.717) is 9.92 Å². The van der Waals surface area contributed by atoms with Crippen molar-refractivity contribution in [3.8, 4) is 0 Å². The summed E-state index contributed by atoms with van der Waals surface area (Å²) in [6, 6.07) is 14.6. The van der Waals surface area contributed by atoms with Gasteiger partial charge in [0.05, 0.1) is 22.0 Å². The van der Waals surface area contributed by atoms with Gasteiger partial charge < -0.3 is 15.1 Å². The number of halogens is 1. The summed E-state index contributed by atoms with van der Waals surface area (Å²) in [6.07, 6.45) is -0.396. The molecule has 2 aromatic rings. The number of benzene rings is 2. The Morgan fingerprint density at radius 2 is 1.67 bits per heavy atom. The fourth-order valence-electron chi connectivity index (χ4n) is 2.88. The van der Waals surface area contributed by atoms with Crippen LogP contribution in [0.5, 0.6) is 0 Å². The van der Waals surface area contributed by atoms with Crippen molar-refractivity contribution in [2.45, 2.75) is 37.3 Å². The molecule has 10 heteroatoms. The monoisotopic (exact) mass is 495 g/mol. The van der Waals surface area contributed by atoms with Gasteiger partial charge in [-0.3, -0.25) is 5.01 Å². The Balaban J connectivity index is 0.000000569. The molecule has 8 nitrogen and oxygen atoms in total. The minimum atomic E-state index is -3.31. The number of rotatable bonds is 7. The van der Waals surface area contributed by atoms with Gasteiger partial charge in [-0.15, -0.1) is 0 Å². The molecule has 33 heavy (non-hydrogen) atoms. The Hall–Kier alpha value is -2.46. The third-order valence-electron chi connectivity index (χ3n) is 5.17. The average molecular weight is 496 g/mol. The first-order valence-electron chi connectivity index (χ1n) is 10.4. The molecule has 0 amide bonds. The zero-order chi connectivity index (χ0) is 24.8. The van der Waals surface area contributed by atoms with E-state index in [1.807, 2.05) is 67.3 Å². The van der Waals surface area contributed by atoms with Gasteiger partial charge in [-0.2, -0.15) is 5.10 Å². The van der Waals surface area contributed by atoms with E-state index in [2.05, 4.69) is 5.10 Å². The first-order chi connectivity index (χ1) is 15.4. The Kier molecular flexibility index (Phi) is 9.42. The van der Waals surface area contributed by atoms with Crippen LogP contribution in [0.25, 0.3) is 0 Å². The SMILES string of the molecule is CC(CS(=O)(=O)c1ccc(N2CCC(c3ccc(Cl)cc3)=N2)cc1)N(C)C.CC(O)C(=O)O. The lowest BCUT2D eigenvalue weighted by Gasteiger charge is -2.20. The van der Waals surface area contributed by atoms with Crippen molar-refractivity contribution < 1.29 is 23.4 Å². The highest BCUT2D eigenvalue weighted by Crippen LogP contribution is 2.24. The molecule has 0 fully saturated rings. The number of sulfone groups is 1. The van der Waals surface area contributed by atoms with Crippen LogP contribution in [-0.2, 0) is 14.6 Å². The highest BCUT2D eigenvalue weighted by molar-refractivity contribution is 7.91. The lowest BCUT2D eigenvalue weighted by molar-refractivity contribution is -0.145. The normalized spacial score (nSPS) is 15.5. The van der Waals surface area contributed by atoms with Crippen LogP contribution >= 0.6 is 11.6 Å². The van der Waals surface area contributed by atoms with E-state index in [1.54, 1.807) is 12.1 Å². The largest absolute Gasteiger partial charge is 0.479 e. The molecule has 2 unspecified atom stereocenters. The van der Waals surface area contributed by atoms with Gasteiger partial charge in [-0.25, -0.2) is 13.2 Å². The maximum atomic E-state index is 12.6. The van der Waals surface area contributed by atoms with Crippen LogP contribution in [0.4, 0.5) is 5.69 Å². The lowest BCUT2D eigenvalue weighted by Crippen LogP contribution is -2.32. The molecule has 0 saturated heterocycles. The van der Waals surface area contributed by atoms with Crippen molar-refractivity contribution >= 4 is 38.8 Å². The van der Waals surface area contributed by atoms with Gasteiger partial charge in [0.1, 0.15) is 6.10 Å². The van der Waals surface area contributed by atoms with Gasteiger partial charge in [0.25, 0.3) is 0 Å². The molecule has 1 heterocycles. The van der Waals surface area contributed by atoms with Crippen LogP contribution in [0.3, 0.4) is 0 Å². The Labute approximate surface area is 200 Å². The Morgan fingerprint density at radius 3 is 2.15 bits per heavy atom. The third kappa shape index (κ3) is 7.82. The van der Waals surface area contributed by atoms with E-state index in [1.165, 1.54) is 6.92 Å². The van der Waals surface area contributed by atoms with Crippen LogP contribution in [0.15, 0.2) is 58.5 Å². The van der Waals surface area contributed by atoms with Crippen LogP contribution in [0.1, 0.15) is 25.8 Å². The number of hydrazone groups is 1. The van der Waals surface area contributed by atoms with Crippen molar-refractivity contribution in [2.24, 2.45) is 5.10 Å². The molecule has 0 aromatic heterocycles. The molecule has 2 aromatic carbocycles. The summed E-state index contributed by atoms with van der Waals surface area (Å²) < 4.78 is 25.1. The fraction of sp³-hybridized carbons (Fsp3) is 0.391. The highest BCUT2D eigenvalue weighted by Gasteiger charge is 2.21. The second kappa shape index (κ2) is 11.6. The highest BCUT2D eigenvalue weighted by atomic mass is 35.5. The maximum absolute atomic E-state index is 12.6. The van der Waals surface area contributed by atoms with E-state index in [-0.39, 0.29) is 11.8 Å². The molecule has 0 saturated carbocycles. The number of hydrogen-bond donors (Lipinski definition) is 2. The second-order valence-corrected chi connectivity index (χ2v) is 10.5. The summed E-state index contributed by atoms with van der Waals surface area (Å²) in [5.41, 5.74) is 2.94. The number of aliphatic hydroxyl groups excluding tert-OH is 1. The zero-order valence-corrected chi connectivity index (χ0v) is 20.7. The molecular formula is C23H30ClN3O5S. The quantitative estimate of drug-likeness (QED) is 0.607. The predicted molar refractivity (Wildman–Crippen MR) is 131 cm³/mol. The van der Waals surface area contributed by atoms with Crippen LogP contribution in [0.2, 0.25) is 5.02 Å². The number of carboxylic acid groups (broad SMARTS) is 1. The van der Waals surface area contributed by atoms with Gasteiger partial charge in [0.2, 0.25) is 0 Å². The topological polar surface area (TPSA) is 111 Å². The van der Waals surface area contributed by atoms with Crippen LogP contribution in [0, 0.1) is 0 Å². The third-order valence-corrected chi connectivity index (χ3v) is 7.34. The van der Waals surface area contributed by atoms with Crippen LogP contribution < -0.4 is 5.01 Å². The minimum absolute atomic E-state index is 0.0419. The number of hydrogen-bond acceptors (Lipinski definition) is 7. The smallest absolute Gasteiger partial charge is 0.332 e. The maximum Gasteiger partial charge on any atom is 0.332 e. The summed E-state index contributed by atoms with van der Waals surface area (Å²) in [6.45, 7) is 3.87. The van der Waals surface area contributed by atoms with E-state index >= 15 is 0 Å². The Morgan fingerprint density at radius 1 is 1.12 bits per heavy atom. The molecule has 180 valence electrons. The molecule has 3 rings (SSSR count). The van der Waals surface area contributed by atoms with Gasteiger partial charge in [0, 0.05) is 24.0 Å². The van der Waals surface area contributed by atoms with Crippen molar-refractivity contribution in [3.63, 3.8) is 0 Å². The predicted octanol–water partition coefficient (Wildman–Crippen LogP) is 3.13. The van der Waals surface area contributed by atoms with Gasteiger partial charge in [-0.05, 0) is 69.9 Å².